The molecule has 1 aliphatic heterocycles. The lowest BCUT2D eigenvalue weighted by atomic mass is 9.88. The zero-order valence-corrected chi connectivity index (χ0v) is 17.8. The van der Waals surface area contributed by atoms with Gasteiger partial charge in [0.05, 0.1) is 42.4 Å². The first kappa shape index (κ1) is 19.8. The number of allylic oxidation sites excluding steroid dienone is 1. The number of nitrogens with zero attached hydrogens (tertiary/aromatic N) is 3. The van der Waals surface area contributed by atoms with Crippen molar-refractivity contribution in [2.24, 2.45) is 0 Å². The van der Waals surface area contributed by atoms with Crippen LogP contribution in [0.4, 0.5) is 0 Å². The third-order valence-corrected chi connectivity index (χ3v) is 6.07. The van der Waals surface area contributed by atoms with Gasteiger partial charge in [-0.3, -0.25) is 18.6 Å². The number of halogens is 1. The van der Waals surface area contributed by atoms with Crippen LogP contribution in [0.15, 0.2) is 42.6 Å². The number of hydrogen-bond acceptors (Lipinski definition) is 3. The summed E-state index contributed by atoms with van der Waals surface area (Å²) in [5, 5.41) is 3.20. The van der Waals surface area contributed by atoms with Crippen molar-refractivity contribution in [3.8, 4) is 0 Å². The first-order valence-electron chi connectivity index (χ1n) is 9.70. The number of rotatable bonds is 3. The zero-order chi connectivity index (χ0) is 19.6. The molecule has 1 aliphatic carbocycles. The van der Waals surface area contributed by atoms with Gasteiger partial charge in [-0.25, -0.2) is 0 Å². The largest absolute Gasteiger partial charge is 0.304 e. The summed E-state index contributed by atoms with van der Waals surface area (Å²) in [6.45, 7) is 2.56. The Morgan fingerprint density at radius 2 is 1.83 bits per heavy atom. The number of likely N-dealkylation sites (N-methyl/N-ethyl adjacent to an activating group) is 2. The van der Waals surface area contributed by atoms with Crippen LogP contribution in [0.2, 0.25) is 0 Å². The maximum absolute atomic E-state index is 13.0. The van der Waals surface area contributed by atoms with Gasteiger partial charge in [0.25, 0.3) is 0 Å². The van der Waals surface area contributed by atoms with E-state index >= 15 is 0 Å². The van der Waals surface area contributed by atoms with E-state index in [1.807, 2.05) is 12.1 Å². The molecule has 2 heterocycles. The van der Waals surface area contributed by atoms with E-state index in [2.05, 4.69) is 61.1 Å². The monoisotopic (exact) mass is 410 g/mol. The second-order valence-electron chi connectivity index (χ2n) is 8.55. The first-order valence-corrected chi connectivity index (χ1v) is 9.70. The van der Waals surface area contributed by atoms with Crippen LogP contribution in [-0.4, -0.2) is 59.7 Å². The number of Topliss-reactive ketones (excluding diaryl/α,β-unsaturated/α-hetero) is 2. The Morgan fingerprint density at radius 1 is 1.07 bits per heavy atom. The van der Waals surface area contributed by atoms with E-state index < -0.39 is 0 Å². The number of fused-ring (bicyclic) bond motifs is 5. The molecule has 6 heteroatoms. The summed E-state index contributed by atoms with van der Waals surface area (Å²) < 4.78 is 2.85. The molecular weight excluding hydrogens is 386 g/mol. The van der Waals surface area contributed by atoms with E-state index in [0.717, 1.165) is 52.7 Å². The van der Waals surface area contributed by atoms with Gasteiger partial charge in [-0.2, -0.15) is 0 Å². The predicted molar refractivity (Wildman–Crippen MR) is 118 cm³/mol. The van der Waals surface area contributed by atoms with E-state index in [4.69, 9.17) is 0 Å². The van der Waals surface area contributed by atoms with Gasteiger partial charge in [0.15, 0.2) is 18.2 Å². The fourth-order valence-corrected chi connectivity index (χ4v) is 4.65. The Bertz CT molecular complexity index is 1210. The molecule has 150 valence electrons. The van der Waals surface area contributed by atoms with Gasteiger partial charge in [-0.15, -0.1) is 12.4 Å². The second kappa shape index (κ2) is 6.80. The summed E-state index contributed by atoms with van der Waals surface area (Å²) in [5.74, 6) is -0.110. The molecule has 5 nitrogen and oxygen atoms in total. The average Bonchev–Trinajstić information content (AvgIpc) is 3.00. The third-order valence-electron chi connectivity index (χ3n) is 6.07. The zero-order valence-electron chi connectivity index (χ0n) is 16.9. The molecular formula is C23H25ClN3O2+. The van der Waals surface area contributed by atoms with Crippen LogP contribution in [0.3, 0.4) is 0 Å². The Kier molecular flexibility index (Phi) is 4.65. The average molecular weight is 411 g/mol. The standard InChI is InChI=1S/C23H24N3O2.ClH/c1-24(2)10-11-26(3)13-17-19(27)12-20(28)22-21-16-7-5-4-6-15(16)8-9-18(21)25(14-26)23(17)22;/h4-9,13H,10-12,14H2,1-3H3;1H/q+1;. The lowest BCUT2D eigenvalue weighted by Crippen LogP contribution is -2.47. The molecule has 5 rings (SSSR count). The summed E-state index contributed by atoms with van der Waals surface area (Å²) >= 11 is 0. The van der Waals surface area contributed by atoms with Gasteiger partial charge in [0, 0.05) is 11.9 Å². The number of quaternary nitrogens is 1. The Labute approximate surface area is 176 Å². The van der Waals surface area contributed by atoms with Gasteiger partial charge in [-0.1, -0.05) is 30.3 Å². The van der Waals surface area contributed by atoms with Crippen molar-refractivity contribution in [1.82, 2.24) is 9.47 Å². The van der Waals surface area contributed by atoms with Gasteiger partial charge >= 0.3 is 0 Å². The maximum Gasteiger partial charge on any atom is 0.178 e. The molecule has 0 saturated carbocycles. The van der Waals surface area contributed by atoms with Gasteiger partial charge in [-0.05, 0) is 30.9 Å². The molecule has 1 atom stereocenters. The van der Waals surface area contributed by atoms with Crippen LogP contribution >= 0.6 is 12.4 Å². The highest BCUT2D eigenvalue weighted by molar-refractivity contribution is 6.37. The number of carbonyl (C=O) groups is 2. The van der Waals surface area contributed by atoms with Crippen molar-refractivity contribution in [2.75, 3.05) is 34.2 Å². The van der Waals surface area contributed by atoms with Crippen LogP contribution in [0.5, 0.6) is 0 Å². The molecule has 1 unspecified atom stereocenters. The molecule has 0 bridgehead atoms. The fourth-order valence-electron chi connectivity index (χ4n) is 4.65. The molecule has 3 aromatic rings. The predicted octanol–water partition coefficient (Wildman–Crippen LogP) is 3.69. The number of hydrogen-bond donors (Lipinski definition) is 0. The van der Waals surface area contributed by atoms with Crippen LogP contribution in [0.1, 0.15) is 22.5 Å². The minimum absolute atomic E-state index is 0. The smallest absolute Gasteiger partial charge is 0.178 e. The van der Waals surface area contributed by atoms with E-state index in [-0.39, 0.29) is 30.4 Å². The van der Waals surface area contributed by atoms with E-state index in [1.165, 1.54) is 0 Å². The van der Waals surface area contributed by atoms with Crippen LogP contribution < -0.4 is 0 Å². The topological polar surface area (TPSA) is 42.3 Å². The van der Waals surface area contributed by atoms with Gasteiger partial charge < -0.3 is 4.90 Å². The third kappa shape index (κ3) is 2.92. The van der Waals surface area contributed by atoms with Crippen molar-refractivity contribution in [3.63, 3.8) is 0 Å². The quantitative estimate of drug-likeness (QED) is 0.488. The Balaban J connectivity index is 0.00000205. The summed E-state index contributed by atoms with van der Waals surface area (Å²) in [6.07, 6.45) is 2.05. The summed E-state index contributed by atoms with van der Waals surface area (Å²) in [4.78, 5) is 27.9. The molecule has 0 N–H and O–H groups in total. The normalized spacial score (nSPS) is 20.8. The lowest BCUT2D eigenvalue weighted by Gasteiger charge is -2.37. The summed E-state index contributed by atoms with van der Waals surface area (Å²) in [5.41, 5.74) is 3.32. The number of ketones is 2. The molecule has 2 aromatic carbocycles. The van der Waals surface area contributed by atoms with Crippen molar-refractivity contribution < 1.29 is 14.1 Å². The highest BCUT2D eigenvalue weighted by Crippen LogP contribution is 2.42. The Morgan fingerprint density at radius 3 is 2.59 bits per heavy atom. The molecule has 2 aliphatic rings. The number of benzene rings is 2. The lowest BCUT2D eigenvalue weighted by molar-refractivity contribution is -0.882. The SMILES string of the molecule is CN(C)CC[N+]1(C)C=C2C(=O)CC(=O)c3c2n(c2ccc4ccccc4c32)C1.Cl. The molecule has 0 spiro atoms. The molecule has 0 radical (unpaired) electrons. The number of carbonyl (C=O) groups excluding carboxylic acids is 2. The van der Waals surface area contributed by atoms with Crippen molar-refractivity contribution in [3.05, 3.63) is 53.9 Å². The molecule has 29 heavy (non-hydrogen) atoms. The van der Waals surface area contributed by atoms with Crippen LogP contribution in [0, 0.1) is 0 Å². The van der Waals surface area contributed by atoms with Gasteiger partial charge in [0.2, 0.25) is 0 Å². The van der Waals surface area contributed by atoms with Gasteiger partial charge in [0.1, 0.15) is 6.20 Å². The minimum atomic E-state index is -0.0558. The first-order chi connectivity index (χ1) is 13.4. The molecule has 1 aromatic heterocycles. The second-order valence-corrected chi connectivity index (χ2v) is 8.55. The Hall–Kier alpha value is -2.47. The number of aromatic nitrogens is 1. The van der Waals surface area contributed by atoms with Crippen molar-refractivity contribution >= 4 is 51.2 Å². The fraction of sp³-hybridized carbons (Fsp3) is 0.304. The summed E-state index contributed by atoms with van der Waals surface area (Å²) in [7, 11) is 6.29. The van der Waals surface area contributed by atoms with Crippen molar-refractivity contribution in [2.45, 2.75) is 13.1 Å². The molecule has 0 saturated heterocycles. The minimum Gasteiger partial charge on any atom is -0.304 e. The highest BCUT2D eigenvalue weighted by Gasteiger charge is 2.41. The summed E-state index contributed by atoms with van der Waals surface area (Å²) in [6, 6.07) is 12.4. The van der Waals surface area contributed by atoms with E-state index in [0.29, 0.717) is 10.1 Å². The van der Waals surface area contributed by atoms with E-state index in [9.17, 15) is 9.59 Å². The maximum atomic E-state index is 13.0. The highest BCUT2D eigenvalue weighted by atomic mass is 35.5. The van der Waals surface area contributed by atoms with Crippen LogP contribution in [-0.2, 0) is 11.5 Å². The van der Waals surface area contributed by atoms with Crippen molar-refractivity contribution in [1.29, 1.82) is 0 Å². The van der Waals surface area contributed by atoms with Crippen LogP contribution in [0.25, 0.3) is 27.2 Å². The molecule has 0 amide bonds. The molecule has 0 fully saturated rings. The van der Waals surface area contributed by atoms with E-state index in [1.54, 1.807) is 0 Å².